The van der Waals surface area contributed by atoms with Gasteiger partial charge in [-0.25, -0.2) is 4.98 Å². The van der Waals surface area contributed by atoms with Gasteiger partial charge in [0.1, 0.15) is 5.82 Å². The molecule has 1 saturated carbocycles. The van der Waals surface area contributed by atoms with Crippen molar-refractivity contribution in [3.63, 3.8) is 0 Å². The minimum atomic E-state index is 0.730. The number of rotatable bonds is 6. The zero-order valence-corrected chi connectivity index (χ0v) is 14.0. The summed E-state index contributed by atoms with van der Waals surface area (Å²) in [5.74, 6) is 1.02. The Morgan fingerprint density at radius 2 is 2.19 bits per heavy atom. The molecule has 0 saturated heterocycles. The molecule has 3 rings (SSSR count). The van der Waals surface area contributed by atoms with Crippen LogP contribution >= 0.6 is 22.9 Å². The van der Waals surface area contributed by atoms with Gasteiger partial charge in [0, 0.05) is 30.2 Å². The highest BCUT2D eigenvalue weighted by Crippen LogP contribution is 2.25. The standard InChI is InChI=1S/C16H20ClN3S/c1-11-7-12(9-18-13-3-4-13)8-16(19-11)20(2)10-14-5-6-15(17)21-14/h5-8,13,18H,3-4,9-10H2,1-2H3. The molecule has 21 heavy (non-hydrogen) atoms. The highest BCUT2D eigenvalue weighted by Gasteiger charge is 2.20. The van der Waals surface area contributed by atoms with Crippen LogP contribution in [0.3, 0.4) is 0 Å². The molecule has 3 nitrogen and oxygen atoms in total. The molecule has 0 radical (unpaired) electrons. The number of hydrogen-bond donors (Lipinski definition) is 1. The Labute approximate surface area is 135 Å². The van der Waals surface area contributed by atoms with E-state index in [0.717, 1.165) is 35.0 Å². The van der Waals surface area contributed by atoms with Gasteiger partial charge >= 0.3 is 0 Å². The van der Waals surface area contributed by atoms with E-state index in [1.54, 1.807) is 11.3 Å². The molecule has 2 aromatic rings. The first-order valence-corrected chi connectivity index (χ1v) is 8.46. The lowest BCUT2D eigenvalue weighted by Crippen LogP contribution is -2.19. The van der Waals surface area contributed by atoms with Crippen LogP contribution in [-0.2, 0) is 13.1 Å². The predicted octanol–water partition coefficient (Wildman–Crippen LogP) is 3.99. The number of hydrogen-bond acceptors (Lipinski definition) is 4. The molecule has 5 heteroatoms. The normalized spacial score (nSPS) is 14.4. The fourth-order valence-electron chi connectivity index (χ4n) is 2.32. The number of thiophene rings is 1. The molecule has 1 N–H and O–H groups in total. The minimum absolute atomic E-state index is 0.730. The van der Waals surface area contributed by atoms with E-state index in [0.29, 0.717) is 0 Å². The lowest BCUT2D eigenvalue weighted by Gasteiger charge is -2.19. The van der Waals surface area contributed by atoms with Gasteiger partial charge in [0.15, 0.2) is 0 Å². The quantitative estimate of drug-likeness (QED) is 0.872. The summed E-state index contributed by atoms with van der Waals surface area (Å²) in [5.41, 5.74) is 2.37. The van der Waals surface area contributed by atoms with E-state index in [9.17, 15) is 0 Å². The molecule has 0 aromatic carbocycles. The SMILES string of the molecule is Cc1cc(CNC2CC2)cc(N(C)Cc2ccc(Cl)s2)n1. The van der Waals surface area contributed by atoms with Gasteiger partial charge in [-0.05, 0) is 49.6 Å². The van der Waals surface area contributed by atoms with Crippen molar-refractivity contribution < 1.29 is 0 Å². The molecule has 1 aliphatic carbocycles. The molecule has 0 spiro atoms. The molecule has 0 aliphatic heterocycles. The van der Waals surface area contributed by atoms with Crippen LogP contribution < -0.4 is 10.2 Å². The van der Waals surface area contributed by atoms with Crippen molar-refractivity contribution in [3.8, 4) is 0 Å². The van der Waals surface area contributed by atoms with Gasteiger partial charge in [-0.3, -0.25) is 0 Å². The maximum atomic E-state index is 5.99. The van der Waals surface area contributed by atoms with E-state index in [1.165, 1.54) is 23.3 Å². The second-order valence-corrected chi connectivity index (χ2v) is 7.49. The van der Waals surface area contributed by atoms with Crippen LogP contribution in [0.15, 0.2) is 24.3 Å². The van der Waals surface area contributed by atoms with Gasteiger partial charge in [0.25, 0.3) is 0 Å². The van der Waals surface area contributed by atoms with Gasteiger partial charge in [-0.2, -0.15) is 0 Å². The summed E-state index contributed by atoms with van der Waals surface area (Å²) in [7, 11) is 2.08. The Morgan fingerprint density at radius 3 is 2.86 bits per heavy atom. The number of pyridine rings is 1. The van der Waals surface area contributed by atoms with Crippen molar-refractivity contribution in [1.29, 1.82) is 0 Å². The summed E-state index contributed by atoms with van der Waals surface area (Å²) in [6.45, 7) is 3.82. The monoisotopic (exact) mass is 321 g/mol. The van der Waals surface area contributed by atoms with Crippen molar-refractivity contribution in [3.05, 3.63) is 44.7 Å². The molecule has 0 atom stereocenters. The van der Waals surface area contributed by atoms with Crippen LogP contribution in [0.1, 0.15) is 29.0 Å². The number of nitrogens with zero attached hydrogens (tertiary/aromatic N) is 2. The number of aryl methyl sites for hydroxylation is 1. The predicted molar refractivity (Wildman–Crippen MR) is 90.3 cm³/mol. The Kier molecular flexibility index (Phi) is 4.48. The smallest absolute Gasteiger partial charge is 0.129 e. The van der Waals surface area contributed by atoms with E-state index in [1.807, 2.05) is 6.07 Å². The minimum Gasteiger partial charge on any atom is -0.355 e. The first-order chi connectivity index (χ1) is 10.1. The van der Waals surface area contributed by atoms with Gasteiger partial charge in [-0.1, -0.05) is 11.6 Å². The van der Waals surface area contributed by atoms with Gasteiger partial charge in [0.2, 0.25) is 0 Å². The lowest BCUT2D eigenvalue weighted by atomic mass is 10.2. The molecule has 0 unspecified atom stereocenters. The van der Waals surface area contributed by atoms with E-state index in [2.05, 4.69) is 47.4 Å². The molecular weight excluding hydrogens is 302 g/mol. The molecule has 1 fully saturated rings. The maximum Gasteiger partial charge on any atom is 0.129 e. The zero-order valence-electron chi connectivity index (χ0n) is 12.4. The molecule has 2 heterocycles. The third-order valence-electron chi connectivity index (χ3n) is 3.58. The second kappa shape index (κ2) is 6.34. The first kappa shape index (κ1) is 14.8. The van der Waals surface area contributed by atoms with Gasteiger partial charge in [0.05, 0.1) is 10.9 Å². The zero-order chi connectivity index (χ0) is 14.8. The summed E-state index contributed by atoms with van der Waals surface area (Å²) in [6, 6.07) is 9.10. The van der Waals surface area contributed by atoms with Crippen molar-refractivity contribution in [2.45, 2.75) is 38.9 Å². The van der Waals surface area contributed by atoms with Crippen molar-refractivity contribution in [1.82, 2.24) is 10.3 Å². The number of halogens is 1. The summed E-state index contributed by atoms with van der Waals surface area (Å²) >= 11 is 7.62. The third-order valence-corrected chi connectivity index (χ3v) is 4.80. The summed E-state index contributed by atoms with van der Waals surface area (Å²) < 4.78 is 0.838. The highest BCUT2D eigenvalue weighted by molar-refractivity contribution is 7.16. The van der Waals surface area contributed by atoms with Crippen LogP contribution in [0.4, 0.5) is 5.82 Å². The van der Waals surface area contributed by atoms with Crippen LogP contribution in [0.5, 0.6) is 0 Å². The van der Waals surface area contributed by atoms with Crippen LogP contribution in [0.2, 0.25) is 4.34 Å². The highest BCUT2D eigenvalue weighted by atomic mass is 35.5. The summed E-state index contributed by atoms with van der Waals surface area (Å²) in [4.78, 5) is 8.08. The summed E-state index contributed by atoms with van der Waals surface area (Å²) in [6.07, 6.45) is 2.63. The fraction of sp³-hybridized carbons (Fsp3) is 0.438. The molecule has 0 bridgehead atoms. The fourth-order valence-corrected chi connectivity index (χ4v) is 3.46. The second-order valence-electron chi connectivity index (χ2n) is 5.69. The molecule has 1 aliphatic rings. The average molecular weight is 322 g/mol. The van der Waals surface area contributed by atoms with E-state index < -0.39 is 0 Å². The Morgan fingerprint density at radius 1 is 1.38 bits per heavy atom. The number of nitrogens with one attached hydrogen (secondary N) is 1. The molecule has 112 valence electrons. The van der Waals surface area contributed by atoms with E-state index in [4.69, 9.17) is 11.6 Å². The topological polar surface area (TPSA) is 28.2 Å². The third kappa shape index (κ3) is 4.19. The maximum absolute atomic E-state index is 5.99. The molecule has 0 amide bonds. The number of aromatic nitrogens is 1. The molecular formula is C16H20ClN3S. The van der Waals surface area contributed by atoms with Crippen molar-refractivity contribution in [2.75, 3.05) is 11.9 Å². The lowest BCUT2D eigenvalue weighted by molar-refractivity contribution is 0.686. The van der Waals surface area contributed by atoms with Crippen LogP contribution in [-0.4, -0.2) is 18.1 Å². The summed E-state index contributed by atoms with van der Waals surface area (Å²) in [5, 5.41) is 3.56. The Bertz CT molecular complexity index is 622. The van der Waals surface area contributed by atoms with Crippen LogP contribution in [0, 0.1) is 6.92 Å². The number of anilines is 1. The van der Waals surface area contributed by atoms with Gasteiger partial charge in [-0.15, -0.1) is 11.3 Å². The Balaban J connectivity index is 1.70. The van der Waals surface area contributed by atoms with Crippen molar-refractivity contribution in [2.24, 2.45) is 0 Å². The first-order valence-electron chi connectivity index (χ1n) is 7.26. The van der Waals surface area contributed by atoms with Gasteiger partial charge < -0.3 is 10.2 Å². The average Bonchev–Trinajstić information content (AvgIpc) is 3.19. The van der Waals surface area contributed by atoms with Crippen molar-refractivity contribution >= 4 is 28.8 Å². The van der Waals surface area contributed by atoms with Crippen LogP contribution in [0.25, 0.3) is 0 Å². The van der Waals surface area contributed by atoms with E-state index in [-0.39, 0.29) is 0 Å². The Hall–Kier alpha value is -1.10. The largest absolute Gasteiger partial charge is 0.355 e. The molecule has 2 aromatic heterocycles. The van der Waals surface area contributed by atoms with E-state index >= 15 is 0 Å².